The maximum absolute atomic E-state index is 11.9. The Kier molecular flexibility index (Phi) is 6.00. The number of nitrogens with one attached hydrogen (secondary N) is 1. The van der Waals surface area contributed by atoms with E-state index >= 15 is 0 Å². The summed E-state index contributed by atoms with van der Waals surface area (Å²) in [6.07, 6.45) is 3.91. The molecule has 0 saturated carbocycles. The summed E-state index contributed by atoms with van der Waals surface area (Å²) >= 11 is 0. The zero-order valence-corrected chi connectivity index (χ0v) is 12.3. The van der Waals surface area contributed by atoms with E-state index < -0.39 is 18.0 Å². The van der Waals surface area contributed by atoms with E-state index in [2.05, 4.69) is 15.3 Å². The number of ether oxygens (including phenoxy) is 1. The number of carbonyl (C=O) groups is 1. The van der Waals surface area contributed by atoms with Gasteiger partial charge in [-0.05, 0) is 29.8 Å². The van der Waals surface area contributed by atoms with Gasteiger partial charge in [-0.3, -0.25) is 14.8 Å². The fraction of sp³-hybridized carbons (Fsp3) is 0.312. The molecule has 0 aliphatic carbocycles. The molecule has 0 aromatic carbocycles. The van der Waals surface area contributed by atoms with E-state index in [1.54, 1.807) is 30.7 Å². The maximum Gasteiger partial charge on any atom is 0.312 e. The lowest BCUT2D eigenvalue weighted by Crippen LogP contribution is -2.34. The summed E-state index contributed by atoms with van der Waals surface area (Å²) in [5, 5.41) is 13.5. The molecular weight excluding hydrogens is 282 g/mol. The molecule has 116 valence electrons. The molecule has 0 amide bonds. The van der Waals surface area contributed by atoms with Crippen molar-refractivity contribution in [1.29, 1.82) is 0 Å². The van der Waals surface area contributed by atoms with Crippen molar-refractivity contribution >= 4 is 5.97 Å². The van der Waals surface area contributed by atoms with Gasteiger partial charge in [-0.2, -0.15) is 0 Å². The highest BCUT2D eigenvalue weighted by molar-refractivity contribution is 5.73. The number of hydrogen-bond acceptors (Lipinski definition) is 6. The molecule has 0 saturated heterocycles. The molecule has 2 atom stereocenters. The third-order valence-electron chi connectivity index (χ3n) is 3.33. The van der Waals surface area contributed by atoms with E-state index in [-0.39, 0.29) is 6.54 Å². The van der Waals surface area contributed by atoms with E-state index in [9.17, 15) is 9.90 Å². The minimum atomic E-state index is -0.952. The van der Waals surface area contributed by atoms with Gasteiger partial charge in [0.25, 0.3) is 0 Å². The van der Waals surface area contributed by atoms with E-state index in [0.717, 1.165) is 5.69 Å². The molecule has 0 spiro atoms. The quantitative estimate of drug-likeness (QED) is 0.745. The van der Waals surface area contributed by atoms with Crippen LogP contribution in [0.2, 0.25) is 0 Å². The molecule has 6 nitrogen and oxygen atoms in total. The maximum atomic E-state index is 11.9. The molecule has 2 rings (SSSR count). The Bertz CT molecular complexity index is 578. The zero-order valence-electron chi connectivity index (χ0n) is 12.3. The largest absolute Gasteiger partial charge is 0.469 e. The molecule has 2 aromatic rings. The van der Waals surface area contributed by atoms with Crippen LogP contribution in [0.1, 0.15) is 17.4 Å². The highest BCUT2D eigenvalue weighted by atomic mass is 16.5. The number of hydrogen-bond donors (Lipinski definition) is 2. The molecule has 0 aliphatic rings. The molecule has 0 unspecified atom stereocenters. The van der Waals surface area contributed by atoms with Crippen LogP contribution in [0.25, 0.3) is 0 Å². The van der Waals surface area contributed by atoms with Gasteiger partial charge >= 0.3 is 5.97 Å². The van der Waals surface area contributed by atoms with Gasteiger partial charge in [-0.15, -0.1) is 0 Å². The monoisotopic (exact) mass is 301 g/mol. The molecule has 0 aliphatic heterocycles. The van der Waals surface area contributed by atoms with Gasteiger partial charge < -0.3 is 15.2 Å². The molecule has 6 heteroatoms. The van der Waals surface area contributed by atoms with Crippen LogP contribution in [0.3, 0.4) is 0 Å². The average molecular weight is 301 g/mol. The average Bonchev–Trinajstić information content (AvgIpc) is 2.59. The lowest BCUT2D eigenvalue weighted by molar-refractivity contribution is -0.149. The van der Waals surface area contributed by atoms with Gasteiger partial charge in [0.1, 0.15) is 0 Å². The van der Waals surface area contributed by atoms with Gasteiger partial charge in [-0.1, -0.05) is 6.07 Å². The Morgan fingerprint density at radius 1 is 1.27 bits per heavy atom. The number of esters is 1. The Hall–Kier alpha value is -2.31. The van der Waals surface area contributed by atoms with Crippen LogP contribution in [0, 0.1) is 5.92 Å². The van der Waals surface area contributed by atoms with Gasteiger partial charge in [0.2, 0.25) is 0 Å². The second kappa shape index (κ2) is 8.21. The number of pyridine rings is 2. The topological polar surface area (TPSA) is 84.3 Å². The number of aliphatic hydroxyl groups excluding tert-OH is 1. The predicted molar refractivity (Wildman–Crippen MR) is 80.6 cm³/mol. The number of methoxy groups -OCH3 is 1. The Morgan fingerprint density at radius 2 is 2.05 bits per heavy atom. The normalized spacial score (nSPS) is 13.4. The van der Waals surface area contributed by atoms with Crippen molar-refractivity contribution in [3.05, 3.63) is 60.2 Å². The summed E-state index contributed by atoms with van der Waals surface area (Å²) in [7, 11) is 1.31. The van der Waals surface area contributed by atoms with Crippen molar-refractivity contribution in [3.8, 4) is 0 Å². The molecule has 0 fully saturated rings. The SMILES string of the molecule is COC(=O)[C@H](CNCc1ccccn1)[C@H](O)c1ccncc1. The number of aromatic nitrogens is 2. The van der Waals surface area contributed by atoms with Crippen LogP contribution in [-0.2, 0) is 16.1 Å². The zero-order chi connectivity index (χ0) is 15.8. The van der Waals surface area contributed by atoms with Gasteiger partial charge in [0.05, 0.1) is 24.8 Å². The first-order valence-electron chi connectivity index (χ1n) is 6.99. The molecule has 0 radical (unpaired) electrons. The highest BCUT2D eigenvalue weighted by Gasteiger charge is 2.28. The van der Waals surface area contributed by atoms with Crippen LogP contribution < -0.4 is 5.32 Å². The first-order chi connectivity index (χ1) is 10.7. The number of nitrogens with zero attached hydrogens (tertiary/aromatic N) is 2. The minimum absolute atomic E-state index is 0.284. The fourth-order valence-corrected chi connectivity index (χ4v) is 2.13. The van der Waals surface area contributed by atoms with Crippen LogP contribution in [0.5, 0.6) is 0 Å². The smallest absolute Gasteiger partial charge is 0.312 e. The van der Waals surface area contributed by atoms with Crippen molar-refractivity contribution in [2.75, 3.05) is 13.7 Å². The summed E-state index contributed by atoms with van der Waals surface area (Å²) in [6.45, 7) is 0.796. The predicted octanol–water partition coefficient (Wildman–Crippen LogP) is 1.09. The summed E-state index contributed by atoms with van der Waals surface area (Å²) < 4.78 is 4.79. The molecule has 0 bridgehead atoms. The lowest BCUT2D eigenvalue weighted by Gasteiger charge is -2.21. The lowest BCUT2D eigenvalue weighted by atomic mass is 9.96. The first-order valence-corrected chi connectivity index (χ1v) is 6.99. The van der Waals surface area contributed by atoms with Crippen LogP contribution in [0.15, 0.2) is 48.9 Å². The number of carbonyl (C=O) groups excluding carboxylic acids is 1. The molecule has 2 N–H and O–H groups in total. The van der Waals surface area contributed by atoms with E-state index in [0.29, 0.717) is 12.1 Å². The summed E-state index contributed by atoms with van der Waals surface area (Å²) in [4.78, 5) is 20.0. The highest BCUT2D eigenvalue weighted by Crippen LogP contribution is 2.22. The van der Waals surface area contributed by atoms with Crippen molar-refractivity contribution in [1.82, 2.24) is 15.3 Å². The molecule has 22 heavy (non-hydrogen) atoms. The summed E-state index contributed by atoms with van der Waals surface area (Å²) in [6, 6.07) is 8.99. The van der Waals surface area contributed by atoms with E-state index in [4.69, 9.17) is 4.74 Å². The van der Waals surface area contributed by atoms with Crippen molar-refractivity contribution in [3.63, 3.8) is 0 Å². The van der Waals surface area contributed by atoms with Crippen molar-refractivity contribution < 1.29 is 14.6 Å². The standard InChI is InChI=1S/C16H19N3O3/c1-22-16(21)14(15(20)12-5-8-17-9-6-12)11-18-10-13-4-2-3-7-19-13/h2-9,14-15,18,20H,10-11H2,1H3/t14-,15-/m1/s1. The van der Waals surface area contributed by atoms with Crippen molar-refractivity contribution in [2.45, 2.75) is 12.6 Å². The second-order valence-electron chi connectivity index (χ2n) is 4.81. The van der Waals surface area contributed by atoms with Gasteiger partial charge in [0, 0.05) is 31.7 Å². The molecular formula is C16H19N3O3. The third-order valence-corrected chi connectivity index (χ3v) is 3.33. The fourth-order valence-electron chi connectivity index (χ4n) is 2.13. The van der Waals surface area contributed by atoms with E-state index in [1.807, 2.05) is 18.2 Å². The van der Waals surface area contributed by atoms with Crippen LogP contribution >= 0.6 is 0 Å². The van der Waals surface area contributed by atoms with Gasteiger partial charge in [0.15, 0.2) is 0 Å². The summed E-state index contributed by atoms with van der Waals surface area (Å²) in [5.74, 6) is -1.16. The van der Waals surface area contributed by atoms with Crippen LogP contribution in [0.4, 0.5) is 0 Å². The Balaban J connectivity index is 1.99. The Labute approximate surface area is 129 Å². The van der Waals surface area contributed by atoms with Crippen LogP contribution in [-0.4, -0.2) is 34.7 Å². The van der Waals surface area contributed by atoms with Crippen molar-refractivity contribution in [2.24, 2.45) is 5.92 Å². The first kappa shape index (κ1) is 16.1. The number of rotatable bonds is 7. The van der Waals surface area contributed by atoms with Gasteiger partial charge in [-0.25, -0.2) is 0 Å². The Morgan fingerprint density at radius 3 is 2.68 bits per heavy atom. The molecule has 2 aromatic heterocycles. The summed E-state index contributed by atoms with van der Waals surface area (Å²) in [5.41, 5.74) is 1.49. The van der Waals surface area contributed by atoms with E-state index in [1.165, 1.54) is 7.11 Å². The molecule has 2 heterocycles. The second-order valence-corrected chi connectivity index (χ2v) is 4.81. The number of aliphatic hydroxyl groups is 1. The third kappa shape index (κ3) is 4.34. The minimum Gasteiger partial charge on any atom is -0.469 e.